The third kappa shape index (κ3) is 4.58. The van der Waals surface area contributed by atoms with Crippen molar-refractivity contribution in [2.75, 3.05) is 26.7 Å². The Labute approximate surface area is 123 Å². The second-order valence-electron chi connectivity index (χ2n) is 6.08. The fraction of sp³-hybridized carbons (Fsp3) is 0.647. The third-order valence-electron chi connectivity index (χ3n) is 4.42. The van der Waals surface area contributed by atoms with Gasteiger partial charge in [0.1, 0.15) is 0 Å². The summed E-state index contributed by atoms with van der Waals surface area (Å²) in [5, 5.41) is 0. The molecule has 1 aromatic carbocycles. The molecule has 0 saturated carbocycles. The van der Waals surface area contributed by atoms with E-state index in [1.807, 2.05) is 7.11 Å². The summed E-state index contributed by atoms with van der Waals surface area (Å²) >= 11 is 0. The van der Waals surface area contributed by atoms with Gasteiger partial charge in [-0.1, -0.05) is 37.3 Å². The van der Waals surface area contributed by atoms with Crippen LogP contribution in [0, 0.1) is 5.92 Å². The van der Waals surface area contributed by atoms with E-state index in [0.717, 1.165) is 32.5 Å². The summed E-state index contributed by atoms with van der Waals surface area (Å²) in [6.07, 6.45) is 3.70. The predicted octanol–water partition coefficient (Wildman–Crippen LogP) is 2.30. The number of ether oxygens (including phenoxy) is 1. The first-order chi connectivity index (χ1) is 9.69. The Balaban J connectivity index is 1.73. The summed E-state index contributed by atoms with van der Waals surface area (Å²) in [7, 11) is 1.82. The van der Waals surface area contributed by atoms with E-state index in [9.17, 15) is 0 Å². The van der Waals surface area contributed by atoms with Gasteiger partial charge < -0.3 is 10.5 Å². The maximum atomic E-state index is 6.29. The van der Waals surface area contributed by atoms with Crippen molar-refractivity contribution in [2.24, 2.45) is 11.7 Å². The van der Waals surface area contributed by atoms with Gasteiger partial charge in [-0.2, -0.15) is 0 Å². The minimum Gasteiger partial charge on any atom is -0.380 e. The number of rotatable bonds is 6. The zero-order chi connectivity index (χ0) is 14.4. The average Bonchev–Trinajstić information content (AvgIpc) is 2.48. The highest BCUT2D eigenvalue weighted by Gasteiger charge is 2.26. The molecule has 3 unspecified atom stereocenters. The van der Waals surface area contributed by atoms with E-state index in [2.05, 4.69) is 42.2 Å². The van der Waals surface area contributed by atoms with Crippen LogP contribution in [0.1, 0.15) is 25.3 Å². The van der Waals surface area contributed by atoms with E-state index in [1.54, 1.807) is 0 Å². The monoisotopic (exact) mass is 276 g/mol. The molecular weight excluding hydrogens is 248 g/mol. The largest absolute Gasteiger partial charge is 0.380 e. The fourth-order valence-corrected chi connectivity index (χ4v) is 2.99. The average molecular weight is 276 g/mol. The van der Waals surface area contributed by atoms with Crippen LogP contribution < -0.4 is 5.73 Å². The summed E-state index contributed by atoms with van der Waals surface area (Å²) in [6, 6.07) is 10.9. The van der Waals surface area contributed by atoms with Gasteiger partial charge >= 0.3 is 0 Å². The summed E-state index contributed by atoms with van der Waals surface area (Å²) in [6.45, 7) is 5.44. The van der Waals surface area contributed by atoms with Gasteiger partial charge in [-0.15, -0.1) is 0 Å². The lowest BCUT2D eigenvalue weighted by atomic mass is 9.95. The highest BCUT2D eigenvalue weighted by molar-refractivity contribution is 5.14. The van der Waals surface area contributed by atoms with E-state index in [4.69, 9.17) is 10.5 Å². The molecular formula is C17H28N2O. The van der Waals surface area contributed by atoms with Crippen molar-refractivity contribution in [3.63, 3.8) is 0 Å². The van der Waals surface area contributed by atoms with Crippen molar-refractivity contribution < 1.29 is 4.74 Å². The second-order valence-corrected chi connectivity index (χ2v) is 6.08. The molecule has 0 bridgehead atoms. The molecule has 3 atom stereocenters. The van der Waals surface area contributed by atoms with Crippen molar-refractivity contribution in [3.8, 4) is 0 Å². The van der Waals surface area contributed by atoms with Gasteiger partial charge in [-0.05, 0) is 37.3 Å². The lowest BCUT2D eigenvalue weighted by Crippen LogP contribution is -2.48. The summed E-state index contributed by atoms with van der Waals surface area (Å²) < 4.78 is 5.56. The van der Waals surface area contributed by atoms with Crippen LogP contribution >= 0.6 is 0 Å². The third-order valence-corrected chi connectivity index (χ3v) is 4.42. The Morgan fingerprint density at radius 1 is 1.35 bits per heavy atom. The number of hydrogen-bond acceptors (Lipinski definition) is 3. The standard InChI is InChI=1S/C17H28N2O/c1-14-10-11-19(13-17(14)20-2)12-16(18)9-8-15-6-4-3-5-7-15/h3-7,14,16-17H,8-13,18H2,1-2H3. The summed E-state index contributed by atoms with van der Waals surface area (Å²) in [4.78, 5) is 2.46. The fourth-order valence-electron chi connectivity index (χ4n) is 2.99. The Hall–Kier alpha value is -0.900. The lowest BCUT2D eigenvalue weighted by Gasteiger charge is -2.37. The normalized spacial score (nSPS) is 25.6. The molecule has 0 aromatic heterocycles. The van der Waals surface area contributed by atoms with Gasteiger partial charge in [0.2, 0.25) is 0 Å². The minimum atomic E-state index is 0.251. The van der Waals surface area contributed by atoms with Crippen LogP contribution in [0.3, 0.4) is 0 Å². The molecule has 3 heteroatoms. The van der Waals surface area contributed by atoms with Crippen LogP contribution in [0.15, 0.2) is 30.3 Å². The molecule has 1 heterocycles. The van der Waals surface area contributed by atoms with Gasteiger partial charge in [0.05, 0.1) is 6.10 Å². The second kappa shape index (κ2) is 7.77. The van der Waals surface area contributed by atoms with Crippen LogP contribution in [-0.4, -0.2) is 43.8 Å². The first-order valence-electron chi connectivity index (χ1n) is 7.73. The number of nitrogens with two attached hydrogens (primary N) is 1. The van der Waals surface area contributed by atoms with Gasteiger partial charge in [-0.25, -0.2) is 0 Å². The molecule has 1 aliphatic rings. The molecule has 3 nitrogen and oxygen atoms in total. The highest BCUT2D eigenvalue weighted by Crippen LogP contribution is 2.19. The summed E-state index contributed by atoms with van der Waals surface area (Å²) in [5.41, 5.74) is 7.67. The first kappa shape index (κ1) is 15.5. The topological polar surface area (TPSA) is 38.5 Å². The molecule has 1 saturated heterocycles. The molecule has 20 heavy (non-hydrogen) atoms. The number of likely N-dealkylation sites (tertiary alicyclic amines) is 1. The van der Waals surface area contributed by atoms with Gasteiger partial charge in [-0.3, -0.25) is 4.90 Å². The van der Waals surface area contributed by atoms with Crippen LogP contribution in [0.25, 0.3) is 0 Å². The SMILES string of the molecule is COC1CN(CC(N)CCc2ccccc2)CCC1C. The van der Waals surface area contributed by atoms with Crippen molar-refractivity contribution in [3.05, 3.63) is 35.9 Å². The quantitative estimate of drug-likeness (QED) is 0.866. The van der Waals surface area contributed by atoms with Crippen molar-refractivity contribution in [1.82, 2.24) is 4.90 Å². The van der Waals surface area contributed by atoms with E-state index < -0.39 is 0 Å². The molecule has 0 amide bonds. The molecule has 0 spiro atoms. The van der Waals surface area contributed by atoms with Crippen LogP contribution in [0.5, 0.6) is 0 Å². The molecule has 0 radical (unpaired) electrons. The van der Waals surface area contributed by atoms with E-state index >= 15 is 0 Å². The van der Waals surface area contributed by atoms with Crippen LogP contribution in [-0.2, 0) is 11.2 Å². The van der Waals surface area contributed by atoms with Gasteiger partial charge in [0, 0.05) is 26.2 Å². The Bertz CT molecular complexity index is 382. The summed E-state index contributed by atoms with van der Waals surface area (Å²) in [5.74, 6) is 0.664. The van der Waals surface area contributed by atoms with E-state index in [0.29, 0.717) is 12.0 Å². The van der Waals surface area contributed by atoms with E-state index in [1.165, 1.54) is 12.0 Å². The first-order valence-corrected chi connectivity index (χ1v) is 7.73. The zero-order valence-electron chi connectivity index (χ0n) is 12.8. The number of hydrogen-bond donors (Lipinski definition) is 1. The van der Waals surface area contributed by atoms with Crippen LogP contribution in [0.4, 0.5) is 0 Å². The van der Waals surface area contributed by atoms with Crippen molar-refractivity contribution >= 4 is 0 Å². The van der Waals surface area contributed by atoms with Gasteiger partial charge in [0.15, 0.2) is 0 Å². The zero-order valence-corrected chi connectivity index (χ0v) is 12.8. The minimum absolute atomic E-state index is 0.251. The van der Waals surface area contributed by atoms with Crippen molar-refractivity contribution in [1.29, 1.82) is 0 Å². The van der Waals surface area contributed by atoms with Crippen LogP contribution in [0.2, 0.25) is 0 Å². The number of piperidine rings is 1. The maximum absolute atomic E-state index is 6.29. The molecule has 1 aromatic rings. The molecule has 1 aliphatic heterocycles. The Morgan fingerprint density at radius 2 is 2.10 bits per heavy atom. The van der Waals surface area contributed by atoms with E-state index in [-0.39, 0.29) is 6.04 Å². The molecule has 112 valence electrons. The number of benzene rings is 1. The highest BCUT2D eigenvalue weighted by atomic mass is 16.5. The number of aryl methyl sites for hydroxylation is 1. The predicted molar refractivity (Wildman–Crippen MR) is 83.8 cm³/mol. The van der Waals surface area contributed by atoms with Gasteiger partial charge in [0.25, 0.3) is 0 Å². The maximum Gasteiger partial charge on any atom is 0.0724 e. The molecule has 1 fully saturated rings. The van der Waals surface area contributed by atoms with Crippen molar-refractivity contribution in [2.45, 2.75) is 38.3 Å². The lowest BCUT2D eigenvalue weighted by molar-refractivity contribution is -0.00654. The number of nitrogens with zero attached hydrogens (tertiary/aromatic N) is 1. The Kier molecular flexibility index (Phi) is 6.02. The Morgan fingerprint density at radius 3 is 2.80 bits per heavy atom. The molecule has 0 aliphatic carbocycles. The smallest absolute Gasteiger partial charge is 0.0724 e. The molecule has 2 rings (SSSR count). The molecule has 2 N–H and O–H groups in total. The number of methoxy groups -OCH3 is 1.